The van der Waals surface area contributed by atoms with Gasteiger partial charge in [0, 0.05) is 11.4 Å². The van der Waals surface area contributed by atoms with Crippen molar-refractivity contribution in [2.75, 3.05) is 18.9 Å². The van der Waals surface area contributed by atoms with Crippen molar-refractivity contribution in [2.24, 2.45) is 0 Å². The summed E-state index contributed by atoms with van der Waals surface area (Å²) in [6, 6.07) is 7.03. The molecule has 2 fully saturated rings. The van der Waals surface area contributed by atoms with Gasteiger partial charge >= 0.3 is 7.82 Å². The number of nitrogens with zero attached hydrogens (tertiary/aromatic N) is 4. The Balaban J connectivity index is 1.31. The lowest BCUT2D eigenvalue weighted by atomic mass is 9.96. The van der Waals surface area contributed by atoms with Gasteiger partial charge in [-0.25, -0.2) is 19.5 Å². The van der Waals surface area contributed by atoms with Crippen LogP contribution < -0.4 is 5.73 Å². The monoisotopic (exact) mass is 511 g/mol. The zero-order valence-electron chi connectivity index (χ0n) is 18.0. The first-order valence-electron chi connectivity index (χ1n) is 10.5. The molecule has 0 aliphatic carbocycles. The van der Waals surface area contributed by atoms with Crippen LogP contribution in [0.25, 0.3) is 11.2 Å². The number of imidazole rings is 1. The molecule has 4 heterocycles. The second kappa shape index (κ2) is 8.81. The number of aliphatic hydroxyl groups is 2. The van der Waals surface area contributed by atoms with Gasteiger partial charge in [0.25, 0.3) is 0 Å². The fraction of sp³-hybridized carbons (Fsp3) is 0.450. The topological polar surface area (TPSA) is 164 Å². The number of benzene rings is 1. The van der Waals surface area contributed by atoms with Crippen LogP contribution in [-0.2, 0) is 22.9 Å². The molecular weight excluding hydrogens is 489 g/mol. The Morgan fingerprint density at radius 3 is 3.00 bits per heavy atom. The number of ether oxygens (including phenoxy) is 1. The van der Waals surface area contributed by atoms with Gasteiger partial charge in [0.1, 0.15) is 29.7 Å². The Kier molecular flexibility index (Phi) is 6.11. The second-order valence-electron chi connectivity index (χ2n) is 8.29. The molecule has 1 unspecified atom stereocenters. The number of aromatic nitrogens is 4. The highest BCUT2D eigenvalue weighted by molar-refractivity contribution is 7.48. The fourth-order valence-electron chi connectivity index (χ4n) is 4.10. The molecule has 0 saturated carbocycles. The van der Waals surface area contributed by atoms with Crippen LogP contribution in [0.1, 0.15) is 31.2 Å². The summed E-state index contributed by atoms with van der Waals surface area (Å²) in [5.74, 6) is 0.167. The van der Waals surface area contributed by atoms with Gasteiger partial charge in [-0.15, -0.1) is 0 Å². The summed E-state index contributed by atoms with van der Waals surface area (Å²) in [6.07, 6.45) is -0.956. The first kappa shape index (κ1) is 23.6. The summed E-state index contributed by atoms with van der Waals surface area (Å²) in [6.45, 7) is 1.19. The van der Waals surface area contributed by atoms with Crippen molar-refractivity contribution in [3.8, 4) is 0 Å². The Bertz CT molecular complexity index is 1260. The van der Waals surface area contributed by atoms with E-state index in [2.05, 4.69) is 15.0 Å². The maximum atomic E-state index is 13.1. The molecule has 0 amide bonds. The molecule has 0 radical (unpaired) electrons. The molecule has 2 aromatic heterocycles. The zero-order valence-corrected chi connectivity index (χ0v) is 19.7. The molecule has 1 aromatic carbocycles. The molecule has 2 aliphatic heterocycles. The third-order valence-electron chi connectivity index (χ3n) is 5.90. The highest BCUT2D eigenvalue weighted by Gasteiger charge is 2.54. The number of anilines is 1. The molecule has 2 aliphatic rings. The maximum Gasteiger partial charge on any atom is 0.475 e. The van der Waals surface area contributed by atoms with Crippen molar-refractivity contribution in [2.45, 2.75) is 43.5 Å². The summed E-state index contributed by atoms with van der Waals surface area (Å²) in [7, 11) is -3.97. The lowest BCUT2D eigenvalue weighted by Crippen LogP contribution is -2.44. The summed E-state index contributed by atoms with van der Waals surface area (Å²) in [5, 5.41) is 22.3. The van der Waals surface area contributed by atoms with Gasteiger partial charge in [-0.1, -0.05) is 23.7 Å². The lowest BCUT2D eigenvalue weighted by Gasteiger charge is -2.30. The SMILES string of the molecule is C[C@@]1(O)[C@H](O)[C@@H](COP2(=O)OCC[C@@H](c3cccc(Cl)c3)O2)O[C@H]1n1cnc2c(N)ncnc21. The van der Waals surface area contributed by atoms with E-state index in [9.17, 15) is 14.8 Å². The molecule has 14 heteroatoms. The number of hydrogen-bond donors (Lipinski definition) is 3. The number of phosphoric acid groups is 1. The molecule has 34 heavy (non-hydrogen) atoms. The second-order valence-corrected chi connectivity index (χ2v) is 10.4. The van der Waals surface area contributed by atoms with Crippen LogP contribution in [0.5, 0.6) is 0 Å². The molecule has 5 rings (SSSR count). The highest BCUT2D eigenvalue weighted by atomic mass is 35.5. The molecule has 2 saturated heterocycles. The van der Waals surface area contributed by atoms with Crippen molar-refractivity contribution >= 4 is 36.4 Å². The van der Waals surface area contributed by atoms with E-state index >= 15 is 0 Å². The van der Waals surface area contributed by atoms with E-state index in [0.29, 0.717) is 22.6 Å². The number of halogens is 1. The summed E-state index contributed by atoms with van der Waals surface area (Å²) in [5.41, 5.74) is 5.47. The van der Waals surface area contributed by atoms with Crippen LogP contribution in [0.15, 0.2) is 36.9 Å². The summed E-state index contributed by atoms with van der Waals surface area (Å²) < 4.78 is 36.9. The normalized spacial score (nSPS) is 34.0. The van der Waals surface area contributed by atoms with E-state index in [-0.39, 0.29) is 19.0 Å². The number of fused-ring (bicyclic) bond motifs is 1. The lowest BCUT2D eigenvalue weighted by molar-refractivity contribution is -0.0953. The fourth-order valence-corrected chi connectivity index (χ4v) is 5.69. The minimum absolute atomic E-state index is 0.144. The molecule has 182 valence electrons. The van der Waals surface area contributed by atoms with Gasteiger partial charge in [0.15, 0.2) is 17.7 Å². The predicted octanol–water partition coefficient (Wildman–Crippen LogP) is 2.37. The van der Waals surface area contributed by atoms with Gasteiger partial charge in [-0.2, -0.15) is 0 Å². The Labute approximate surface area is 199 Å². The van der Waals surface area contributed by atoms with Crippen molar-refractivity contribution in [1.29, 1.82) is 0 Å². The Morgan fingerprint density at radius 2 is 2.21 bits per heavy atom. The average Bonchev–Trinajstić information content (AvgIpc) is 3.32. The standard InChI is InChI=1S/C20H23ClN5O7P/c1-20(28)16(27)14(32-19(20)26-10-25-15-17(22)23-9-24-18(15)26)8-31-34(29)30-6-5-13(33-34)11-3-2-4-12(21)7-11/h2-4,7,9-10,13-14,16,19,27-28H,5-6,8H2,1H3,(H2,22,23,24)/t13-,14+,16+,19+,20+,34?/m0/s1. The summed E-state index contributed by atoms with van der Waals surface area (Å²) in [4.78, 5) is 12.2. The molecule has 0 spiro atoms. The molecular formula is C20H23ClN5O7P. The number of rotatable bonds is 5. The van der Waals surface area contributed by atoms with Gasteiger partial charge < -0.3 is 20.7 Å². The minimum atomic E-state index is -3.97. The minimum Gasteiger partial charge on any atom is -0.387 e. The van der Waals surface area contributed by atoms with Crippen LogP contribution in [0, 0.1) is 0 Å². The van der Waals surface area contributed by atoms with Gasteiger partial charge in [-0.3, -0.25) is 18.1 Å². The van der Waals surface area contributed by atoms with Crippen molar-refractivity contribution in [1.82, 2.24) is 19.5 Å². The average molecular weight is 512 g/mol. The first-order chi connectivity index (χ1) is 16.2. The molecule has 6 atom stereocenters. The first-order valence-corrected chi connectivity index (χ1v) is 12.3. The number of nitrogens with two attached hydrogens (primary N) is 1. The van der Waals surface area contributed by atoms with E-state index in [0.717, 1.165) is 5.56 Å². The van der Waals surface area contributed by atoms with Crippen molar-refractivity contribution < 1.29 is 33.1 Å². The highest BCUT2D eigenvalue weighted by Crippen LogP contribution is 2.57. The predicted molar refractivity (Wildman–Crippen MR) is 120 cm³/mol. The van der Waals surface area contributed by atoms with Gasteiger partial charge in [0.2, 0.25) is 0 Å². The van der Waals surface area contributed by atoms with Crippen molar-refractivity contribution in [3.05, 3.63) is 47.5 Å². The van der Waals surface area contributed by atoms with Crippen LogP contribution in [0.3, 0.4) is 0 Å². The zero-order chi connectivity index (χ0) is 24.1. The van der Waals surface area contributed by atoms with Crippen LogP contribution in [0.2, 0.25) is 5.02 Å². The van der Waals surface area contributed by atoms with Crippen LogP contribution in [-0.4, -0.2) is 60.8 Å². The van der Waals surface area contributed by atoms with Crippen molar-refractivity contribution in [3.63, 3.8) is 0 Å². The van der Waals surface area contributed by atoms with Gasteiger partial charge in [0.05, 0.1) is 25.6 Å². The maximum absolute atomic E-state index is 13.1. The van der Waals surface area contributed by atoms with Crippen LogP contribution >= 0.6 is 19.4 Å². The molecule has 3 aromatic rings. The molecule has 0 bridgehead atoms. The smallest absolute Gasteiger partial charge is 0.387 e. The molecule has 4 N–H and O–H groups in total. The third-order valence-corrected chi connectivity index (χ3v) is 7.61. The number of hydrogen-bond acceptors (Lipinski definition) is 11. The number of nitrogen functional groups attached to an aromatic ring is 1. The number of aliphatic hydroxyl groups excluding tert-OH is 1. The Morgan fingerprint density at radius 1 is 1.38 bits per heavy atom. The number of phosphoric ester groups is 1. The van der Waals surface area contributed by atoms with E-state index in [4.69, 9.17) is 35.6 Å². The van der Waals surface area contributed by atoms with Gasteiger partial charge in [-0.05, 0) is 24.6 Å². The largest absolute Gasteiger partial charge is 0.475 e. The Hall–Kier alpha value is -2.15. The van der Waals surface area contributed by atoms with E-state index in [1.165, 1.54) is 24.1 Å². The quantitative estimate of drug-likeness (QED) is 0.430. The van der Waals surface area contributed by atoms with Crippen LogP contribution in [0.4, 0.5) is 5.82 Å². The van der Waals surface area contributed by atoms with E-state index < -0.39 is 38.0 Å². The molecule has 12 nitrogen and oxygen atoms in total. The van der Waals surface area contributed by atoms with E-state index in [1.807, 2.05) is 6.07 Å². The van der Waals surface area contributed by atoms with E-state index in [1.54, 1.807) is 18.2 Å². The third kappa shape index (κ3) is 4.21. The summed E-state index contributed by atoms with van der Waals surface area (Å²) >= 11 is 6.05.